The Balaban J connectivity index is 1.63. The first-order valence-corrected chi connectivity index (χ1v) is 6.13. The minimum atomic E-state index is 0.618. The summed E-state index contributed by atoms with van der Waals surface area (Å²) in [5.41, 5.74) is 0. The van der Waals surface area contributed by atoms with Crippen molar-refractivity contribution in [3.63, 3.8) is 0 Å². The number of nitrogens with zero attached hydrogens (tertiary/aromatic N) is 1. The van der Waals surface area contributed by atoms with Gasteiger partial charge in [0, 0.05) is 23.8 Å². The van der Waals surface area contributed by atoms with Gasteiger partial charge in [-0.3, -0.25) is 4.98 Å². The molecule has 1 aromatic carbocycles. The van der Waals surface area contributed by atoms with Crippen LogP contribution < -0.4 is 9.47 Å². The molecule has 2 rings (SSSR count). The van der Waals surface area contributed by atoms with Crippen molar-refractivity contribution in [2.45, 2.75) is 6.42 Å². The maximum Gasteiger partial charge on any atom is 0.122 e. The number of pyridine rings is 1. The minimum absolute atomic E-state index is 0.618. The van der Waals surface area contributed by atoms with Gasteiger partial charge in [0.2, 0.25) is 0 Å². The van der Waals surface area contributed by atoms with Crippen molar-refractivity contribution < 1.29 is 9.47 Å². The van der Waals surface area contributed by atoms with E-state index in [-0.39, 0.29) is 0 Å². The van der Waals surface area contributed by atoms with Crippen molar-refractivity contribution >= 4 is 11.6 Å². The molecule has 94 valence electrons. The lowest BCUT2D eigenvalue weighted by Crippen LogP contribution is -2.04. The van der Waals surface area contributed by atoms with Crippen LogP contribution in [0, 0.1) is 0 Å². The van der Waals surface area contributed by atoms with Crippen LogP contribution in [-0.2, 0) is 0 Å². The van der Waals surface area contributed by atoms with Crippen LogP contribution >= 0.6 is 11.6 Å². The largest absolute Gasteiger partial charge is 0.493 e. The molecular formula is C14H14ClNO2. The van der Waals surface area contributed by atoms with E-state index < -0.39 is 0 Å². The van der Waals surface area contributed by atoms with Crippen LogP contribution in [0.1, 0.15) is 6.42 Å². The van der Waals surface area contributed by atoms with Gasteiger partial charge in [0.25, 0.3) is 0 Å². The van der Waals surface area contributed by atoms with Crippen molar-refractivity contribution in [2.24, 2.45) is 0 Å². The summed E-state index contributed by atoms with van der Waals surface area (Å²) < 4.78 is 11.1. The van der Waals surface area contributed by atoms with Gasteiger partial charge in [0.05, 0.1) is 13.2 Å². The molecule has 0 aliphatic rings. The number of benzene rings is 1. The summed E-state index contributed by atoms with van der Waals surface area (Å²) in [7, 11) is 0. The molecule has 0 aliphatic carbocycles. The van der Waals surface area contributed by atoms with E-state index in [1.807, 2.05) is 36.4 Å². The van der Waals surface area contributed by atoms with Crippen LogP contribution in [0.3, 0.4) is 0 Å². The predicted molar refractivity (Wildman–Crippen MR) is 71.3 cm³/mol. The zero-order valence-corrected chi connectivity index (χ0v) is 10.6. The van der Waals surface area contributed by atoms with Gasteiger partial charge in [-0.2, -0.15) is 0 Å². The highest BCUT2D eigenvalue weighted by Crippen LogP contribution is 2.15. The van der Waals surface area contributed by atoms with Crippen LogP contribution in [0.25, 0.3) is 0 Å². The number of halogens is 1. The summed E-state index contributed by atoms with van der Waals surface area (Å²) in [5.74, 6) is 1.65. The zero-order chi connectivity index (χ0) is 12.6. The zero-order valence-electron chi connectivity index (χ0n) is 9.88. The Labute approximate surface area is 111 Å². The molecule has 1 heterocycles. The second kappa shape index (κ2) is 6.87. The second-order valence-electron chi connectivity index (χ2n) is 3.69. The molecule has 0 amide bonds. The first-order chi connectivity index (χ1) is 8.84. The van der Waals surface area contributed by atoms with Gasteiger partial charge in [-0.1, -0.05) is 11.6 Å². The van der Waals surface area contributed by atoms with Gasteiger partial charge < -0.3 is 9.47 Å². The van der Waals surface area contributed by atoms with Gasteiger partial charge in [-0.25, -0.2) is 0 Å². The van der Waals surface area contributed by atoms with Crippen molar-refractivity contribution in [3.05, 3.63) is 53.8 Å². The third kappa shape index (κ3) is 4.26. The van der Waals surface area contributed by atoms with E-state index in [4.69, 9.17) is 21.1 Å². The molecule has 18 heavy (non-hydrogen) atoms. The van der Waals surface area contributed by atoms with Crippen LogP contribution in [0.2, 0.25) is 5.02 Å². The molecule has 0 unspecified atom stereocenters. The lowest BCUT2D eigenvalue weighted by molar-refractivity contribution is 0.247. The van der Waals surface area contributed by atoms with Crippen molar-refractivity contribution in [2.75, 3.05) is 13.2 Å². The number of ether oxygens (including phenoxy) is 2. The normalized spacial score (nSPS) is 10.1. The van der Waals surface area contributed by atoms with E-state index in [0.29, 0.717) is 18.2 Å². The van der Waals surface area contributed by atoms with Gasteiger partial charge >= 0.3 is 0 Å². The van der Waals surface area contributed by atoms with Crippen LogP contribution in [0.15, 0.2) is 48.8 Å². The molecule has 4 heteroatoms. The lowest BCUT2D eigenvalue weighted by Gasteiger charge is -2.07. The van der Waals surface area contributed by atoms with Crippen molar-refractivity contribution in [1.82, 2.24) is 4.98 Å². The highest BCUT2D eigenvalue weighted by atomic mass is 35.5. The smallest absolute Gasteiger partial charge is 0.122 e. The highest BCUT2D eigenvalue weighted by molar-refractivity contribution is 6.30. The summed E-state index contributed by atoms with van der Waals surface area (Å²) in [6.07, 6.45) is 4.24. The topological polar surface area (TPSA) is 31.4 Å². The van der Waals surface area contributed by atoms with E-state index in [1.54, 1.807) is 12.4 Å². The van der Waals surface area contributed by atoms with Crippen LogP contribution in [0.5, 0.6) is 11.5 Å². The molecule has 3 nitrogen and oxygen atoms in total. The molecule has 0 aliphatic heterocycles. The maximum atomic E-state index is 5.78. The predicted octanol–water partition coefficient (Wildman–Crippen LogP) is 3.58. The Morgan fingerprint density at radius 2 is 1.39 bits per heavy atom. The molecular weight excluding hydrogens is 250 g/mol. The fraction of sp³-hybridized carbons (Fsp3) is 0.214. The van der Waals surface area contributed by atoms with Gasteiger partial charge in [-0.15, -0.1) is 0 Å². The lowest BCUT2D eigenvalue weighted by atomic mass is 10.3. The number of hydrogen-bond donors (Lipinski definition) is 0. The average Bonchev–Trinajstić information content (AvgIpc) is 2.42. The molecule has 1 aromatic heterocycles. The molecule has 0 N–H and O–H groups in total. The maximum absolute atomic E-state index is 5.78. The molecule has 0 saturated carbocycles. The van der Waals surface area contributed by atoms with Gasteiger partial charge in [0.1, 0.15) is 11.5 Å². The standard InChI is InChI=1S/C14H14ClNO2/c15-12-2-4-13(5-3-12)17-10-1-11-18-14-6-8-16-9-7-14/h2-9H,1,10-11H2. The monoisotopic (exact) mass is 263 g/mol. The molecule has 2 aromatic rings. The number of hydrogen-bond acceptors (Lipinski definition) is 3. The van der Waals surface area contributed by atoms with Crippen molar-refractivity contribution in [1.29, 1.82) is 0 Å². The molecule has 0 fully saturated rings. The van der Waals surface area contributed by atoms with E-state index in [1.165, 1.54) is 0 Å². The summed E-state index contributed by atoms with van der Waals surface area (Å²) in [6, 6.07) is 11.0. The second-order valence-corrected chi connectivity index (χ2v) is 4.12. The van der Waals surface area contributed by atoms with Crippen LogP contribution in [0.4, 0.5) is 0 Å². The Morgan fingerprint density at radius 1 is 0.833 bits per heavy atom. The van der Waals surface area contributed by atoms with Gasteiger partial charge in [-0.05, 0) is 36.4 Å². The fourth-order valence-corrected chi connectivity index (χ4v) is 1.53. The van der Waals surface area contributed by atoms with E-state index in [2.05, 4.69) is 4.98 Å². The summed E-state index contributed by atoms with van der Waals surface area (Å²) in [4.78, 5) is 3.92. The van der Waals surface area contributed by atoms with E-state index in [0.717, 1.165) is 17.9 Å². The summed E-state index contributed by atoms with van der Waals surface area (Å²) >= 11 is 5.78. The summed E-state index contributed by atoms with van der Waals surface area (Å²) in [6.45, 7) is 1.24. The third-order valence-corrected chi connectivity index (χ3v) is 2.54. The van der Waals surface area contributed by atoms with Gasteiger partial charge in [0.15, 0.2) is 0 Å². The molecule has 0 bridgehead atoms. The Bertz CT molecular complexity index is 459. The fourth-order valence-electron chi connectivity index (χ4n) is 1.40. The minimum Gasteiger partial charge on any atom is -0.493 e. The Hall–Kier alpha value is -1.74. The third-order valence-electron chi connectivity index (χ3n) is 2.29. The average molecular weight is 264 g/mol. The first-order valence-electron chi connectivity index (χ1n) is 5.76. The first kappa shape index (κ1) is 12.7. The Kier molecular flexibility index (Phi) is 4.85. The van der Waals surface area contributed by atoms with E-state index in [9.17, 15) is 0 Å². The van der Waals surface area contributed by atoms with Crippen molar-refractivity contribution in [3.8, 4) is 11.5 Å². The molecule has 0 radical (unpaired) electrons. The summed E-state index contributed by atoms with van der Waals surface area (Å²) in [5, 5.41) is 0.711. The molecule has 0 atom stereocenters. The molecule has 0 spiro atoms. The quantitative estimate of drug-likeness (QED) is 0.747. The van der Waals surface area contributed by atoms with Crippen LogP contribution in [-0.4, -0.2) is 18.2 Å². The molecule has 0 saturated heterocycles. The Morgan fingerprint density at radius 3 is 2.00 bits per heavy atom. The number of aromatic nitrogens is 1. The number of rotatable bonds is 6. The van der Waals surface area contributed by atoms with E-state index >= 15 is 0 Å². The SMILES string of the molecule is Clc1ccc(OCCCOc2ccncc2)cc1. The highest BCUT2D eigenvalue weighted by Gasteiger charge is 1.95.